The van der Waals surface area contributed by atoms with Gasteiger partial charge in [-0.3, -0.25) is 9.88 Å². The van der Waals surface area contributed by atoms with Crippen molar-refractivity contribution >= 4 is 17.4 Å². The zero-order valence-electron chi connectivity index (χ0n) is 9.73. The van der Waals surface area contributed by atoms with E-state index in [0.717, 1.165) is 32.0 Å². The molecule has 88 valence electrons. The predicted octanol–water partition coefficient (Wildman–Crippen LogP) is 1.66. The van der Waals surface area contributed by atoms with E-state index in [0.29, 0.717) is 11.2 Å². The van der Waals surface area contributed by atoms with Gasteiger partial charge >= 0.3 is 0 Å². The van der Waals surface area contributed by atoms with Crippen molar-refractivity contribution in [3.8, 4) is 0 Å². The SMILES string of the molecule is CCN1CCN(c2cncc(Cl)n2)CC1C. The van der Waals surface area contributed by atoms with Crippen LogP contribution in [0.1, 0.15) is 13.8 Å². The van der Waals surface area contributed by atoms with E-state index in [9.17, 15) is 0 Å². The number of likely N-dealkylation sites (N-methyl/N-ethyl adjacent to an activating group) is 1. The van der Waals surface area contributed by atoms with Gasteiger partial charge in [-0.15, -0.1) is 0 Å². The standard InChI is InChI=1S/C11H17ClN4/c1-3-15-4-5-16(8-9(15)2)11-7-13-6-10(12)14-11/h6-7,9H,3-5,8H2,1-2H3. The predicted molar refractivity (Wildman–Crippen MR) is 66.0 cm³/mol. The second-order valence-electron chi connectivity index (χ2n) is 4.12. The number of piperazine rings is 1. The Kier molecular flexibility index (Phi) is 3.61. The minimum atomic E-state index is 0.461. The Hall–Kier alpha value is -0.870. The van der Waals surface area contributed by atoms with Gasteiger partial charge in [-0.1, -0.05) is 18.5 Å². The van der Waals surface area contributed by atoms with Crippen molar-refractivity contribution in [1.29, 1.82) is 0 Å². The lowest BCUT2D eigenvalue weighted by Gasteiger charge is -2.39. The lowest BCUT2D eigenvalue weighted by atomic mass is 10.2. The van der Waals surface area contributed by atoms with Gasteiger partial charge in [-0.05, 0) is 13.5 Å². The Bertz CT molecular complexity index is 358. The summed E-state index contributed by atoms with van der Waals surface area (Å²) in [6.45, 7) is 8.61. The van der Waals surface area contributed by atoms with Gasteiger partial charge in [0.15, 0.2) is 0 Å². The summed E-state index contributed by atoms with van der Waals surface area (Å²) in [5, 5.41) is 0.461. The summed E-state index contributed by atoms with van der Waals surface area (Å²) in [6.07, 6.45) is 3.34. The highest BCUT2D eigenvalue weighted by Gasteiger charge is 2.23. The summed E-state index contributed by atoms with van der Waals surface area (Å²) < 4.78 is 0. The number of hydrogen-bond acceptors (Lipinski definition) is 4. The van der Waals surface area contributed by atoms with Gasteiger partial charge in [0.1, 0.15) is 11.0 Å². The van der Waals surface area contributed by atoms with Crippen LogP contribution >= 0.6 is 11.6 Å². The molecule has 0 saturated carbocycles. The number of rotatable bonds is 2. The van der Waals surface area contributed by atoms with Gasteiger partial charge in [0.05, 0.1) is 12.4 Å². The zero-order chi connectivity index (χ0) is 11.5. The summed E-state index contributed by atoms with van der Waals surface area (Å²) >= 11 is 5.85. The van der Waals surface area contributed by atoms with Crippen LogP contribution in [0.25, 0.3) is 0 Å². The Morgan fingerprint density at radius 2 is 2.25 bits per heavy atom. The highest BCUT2D eigenvalue weighted by molar-refractivity contribution is 6.29. The van der Waals surface area contributed by atoms with Gasteiger partial charge in [-0.2, -0.15) is 0 Å². The van der Waals surface area contributed by atoms with Gasteiger partial charge < -0.3 is 4.90 Å². The van der Waals surface area contributed by atoms with E-state index >= 15 is 0 Å². The van der Waals surface area contributed by atoms with Crippen molar-refractivity contribution < 1.29 is 0 Å². The molecule has 0 bridgehead atoms. The average molecular weight is 241 g/mol. The lowest BCUT2D eigenvalue weighted by molar-refractivity contribution is 0.199. The van der Waals surface area contributed by atoms with E-state index in [1.165, 1.54) is 0 Å². The number of hydrogen-bond donors (Lipinski definition) is 0. The second kappa shape index (κ2) is 4.97. The molecule has 0 spiro atoms. The molecule has 1 aliphatic rings. The van der Waals surface area contributed by atoms with Crippen molar-refractivity contribution in [3.63, 3.8) is 0 Å². The van der Waals surface area contributed by atoms with Crippen molar-refractivity contribution in [1.82, 2.24) is 14.9 Å². The fourth-order valence-electron chi connectivity index (χ4n) is 2.16. The summed E-state index contributed by atoms with van der Waals surface area (Å²) in [5.41, 5.74) is 0. The maximum Gasteiger partial charge on any atom is 0.149 e. The van der Waals surface area contributed by atoms with Crippen molar-refractivity contribution in [2.75, 3.05) is 31.1 Å². The molecule has 0 aliphatic carbocycles. The third-order valence-corrected chi connectivity index (χ3v) is 3.27. The Morgan fingerprint density at radius 1 is 1.44 bits per heavy atom. The van der Waals surface area contributed by atoms with Gasteiger partial charge in [0.25, 0.3) is 0 Å². The highest BCUT2D eigenvalue weighted by atomic mass is 35.5. The van der Waals surface area contributed by atoms with E-state index in [4.69, 9.17) is 11.6 Å². The smallest absolute Gasteiger partial charge is 0.149 e. The van der Waals surface area contributed by atoms with Gasteiger partial charge in [0.2, 0.25) is 0 Å². The minimum Gasteiger partial charge on any atom is -0.352 e. The first-order chi connectivity index (χ1) is 7.70. The molecule has 1 aromatic heterocycles. The molecule has 2 heterocycles. The van der Waals surface area contributed by atoms with Crippen LogP contribution < -0.4 is 4.90 Å². The van der Waals surface area contributed by atoms with Crippen molar-refractivity contribution in [3.05, 3.63) is 17.5 Å². The Balaban J connectivity index is 2.07. The summed E-state index contributed by atoms with van der Waals surface area (Å²) in [6, 6.07) is 0.555. The second-order valence-corrected chi connectivity index (χ2v) is 4.51. The molecule has 1 aliphatic heterocycles. The van der Waals surface area contributed by atoms with E-state index in [2.05, 4.69) is 33.6 Å². The van der Waals surface area contributed by atoms with Crippen molar-refractivity contribution in [2.24, 2.45) is 0 Å². The van der Waals surface area contributed by atoms with E-state index in [-0.39, 0.29) is 0 Å². The summed E-state index contributed by atoms with van der Waals surface area (Å²) in [5.74, 6) is 0.884. The van der Waals surface area contributed by atoms with Crippen LogP contribution in [-0.2, 0) is 0 Å². The van der Waals surface area contributed by atoms with E-state index in [1.54, 1.807) is 12.4 Å². The molecule has 2 rings (SSSR count). The molecular weight excluding hydrogens is 224 g/mol. The molecule has 16 heavy (non-hydrogen) atoms. The van der Waals surface area contributed by atoms with Crippen LogP contribution in [0.4, 0.5) is 5.82 Å². The van der Waals surface area contributed by atoms with Crippen LogP contribution in [0.2, 0.25) is 5.15 Å². The molecule has 1 atom stereocenters. The topological polar surface area (TPSA) is 32.3 Å². The number of nitrogens with zero attached hydrogens (tertiary/aromatic N) is 4. The molecule has 1 saturated heterocycles. The Labute approximate surface area is 101 Å². The molecule has 0 N–H and O–H groups in total. The highest BCUT2D eigenvalue weighted by Crippen LogP contribution is 2.17. The van der Waals surface area contributed by atoms with Crippen LogP contribution in [0.3, 0.4) is 0 Å². The minimum absolute atomic E-state index is 0.461. The van der Waals surface area contributed by atoms with Crippen LogP contribution in [-0.4, -0.2) is 47.1 Å². The van der Waals surface area contributed by atoms with Crippen LogP contribution in [0.15, 0.2) is 12.4 Å². The Morgan fingerprint density at radius 3 is 2.88 bits per heavy atom. The number of halogens is 1. The average Bonchev–Trinajstić information content (AvgIpc) is 2.29. The first kappa shape index (κ1) is 11.6. The molecule has 0 radical (unpaired) electrons. The maximum absolute atomic E-state index is 5.85. The summed E-state index contributed by atoms with van der Waals surface area (Å²) in [4.78, 5) is 13.1. The quantitative estimate of drug-likeness (QED) is 0.787. The third-order valence-electron chi connectivity index (χ3n) is 3.09. The largest absolute Gasteiger partial charge is 0.352 e. The molecule has 0 aromatic carbocycles. The van der Waals surface area contributed by atoms with Crippen LogP contribution in [0, 0.1) is 0 Å². The van der Waals surface area contributed by atoms with Crippen molar-refractivity contribution in [2.45, 2.75) is 19.9 Å². The van der Waals surface area contributed by atoms with E-state index in [1.807, 2.05) is 0 Å². The van der Waals surface area contributed by atoms with Gasteiger partial charge in [-0.25, -0.2) is 4.98 Å². The molecule has 1 fully saturated rings. The molecule has 1 aromatic rings. The fraction of sp³-hybridized carbons (Fsp3) is 0.636. The lowest BCUT2D eigenvalue weighted by Crippen LogP contribution is -2.52. The third kappa shape index (κ3) is 2.44. The molecular formula is C11H17ClN4. The monoisotopic (exact) mass is 240 g/mol. The number of anilines is 1. The van der Waals surface area contributed by atoms with Gasteiger partial charge in [0, 0.05) is 25.7 Å². The maximum atomic E-state index is 5.85. The first-order valence-corrected chi connectivity index (χ1v) is 6.05. The summed E-state index contributed by atoms with van der Waals surface area (Å²) in [7, 11) is 0. The molecule has 0 amide bonds. The first-order valence-electron chi connectivity index (χ1n) is 5.67. The molecule has 1 unspecified atom stereocenters. The van der Waals surface area contributed by atoms with E-state index < -0.39 is 0 Å². The molecule has 4 nitrogen and oxygen atoms in total. The van der Waals surface area contributed by atoms with Crippen LogP contribution in [0.5, 0.6) is 0 Å². The molecule has 5 heteroatoms. The normalized spacial score (nSPS) is 22.4. The number of aromatic nitrogens is 2. The fourth-order valence-corrected chi connectivity index (χ4v) is 2.30. The zero-order valence-corrected chi connectivity index (χ0v) is 10.5.